The highest BCUT2D eigenvalue weighted by Gasteiger charge is 2.33. The molecule has 0 N–H and O–H groups in total. The quantitative estimate of drug-likeness (QED) is 0.308. The summed E-state index contributed by atoms with van der Waals surface area (Å²) in [5.41, 5.74) is 3.09. The van der Waals surface area contributed by atoms with Gasteiger partial charge in [-0.05, 0) is 73.5 Å². The summed E-state index contributed by atoms with van der Waals surface area (Å²) >= 11 is 14.2. The molecule has 0 radical (unpaired) electrons. The summed E-state index contributed by atoms with van der Waals surface area (Å²) in [4.78, 5) is 16.1. The molecule has 0 saturated carbocycles. The molecule has 3 nitrogen and oxygen atoms in total. The van der Waals surface area contributed by atoms with Gasteiger partial charge in [0.15, 0.2) is 9.41 Å². The molecular formula is C22H16ClNO2S3. The minimum absolute atomic E-state index is 0.133. The Kier molecular flexibility index (Phi) is 5.88. The number of hydrogen-bond acceptors (Lipinski definition) is 5. The molecule has 4 rings (SSSR count). The van der Waals surface area contributed by atoms with E-state index in [2.05, 4.69) is 0 Å². The number of carbonyl (C=O) groups is 1. The molecule has 7 heteroatoms. The van der Waals surface area contributed by atoms with Crippen LogP contribution >= 0.6 is 47.3 Å². The molecule has 1 aromatic heterocycles. The number of thioether (sulfide) groups is 1. The van der Waals surface area contributed by atoms with E-state index in [1.165, 1.54) is 29.1 Å². The minimum Gasteiger partial charge on any atom is -0.450 e. The standard InChI is InChI=1S/C22H16ClNO2S3/c1-13-3-6-16(11-14(13)2)24-21(25)19(29-22(24)27)12-17-7-10-20(26-17)28-18-8-4-15(23)5-9-18/h3-12H,1-2H3/b19-12+. The normalized spacial score (nSPS) is 15.6. The van der Waals surface area contributed by atoms with E-state index in [-0.39, 0.29) is 5.91 Å². The number of thiocarbonyl (C=S) groups is 1. The lowest BCUT2D eigenvalue weighted by atomic mass is 10.1. The topological polar surface area (TPSA) is 33.5 Å². The fraction of sp³-hybridized carbons (Fsp3) is 0.0909. The van der Waals surface area contributed by atoms with Gasteiger partial charge in [-0.3, -0.25) is 9.69 Å². The average molecular weight is 458 g/mol. The van der Waals surface area contributed by atoms with Gasteiger partial charge < -0.3 is 4.42 Å². The van der Waals surface area contributed by atoms with Crippen molar-refractivity contribution in [1.82, 2.24) is 0 Å². The Morgan fingerprint density at radius 3 is 2.55 bits per heavy atom. The third-order valence-corrected chi connectivity index (χ3v) is 6.93. The molecule has 3 aromatic rings. The summed E-state index contributed by atoms with van der Waals surface area (Å²) in [6, 6.07) is 17.2. The van der Waals surface area contributed by atoms with Crippen molar-refractivity contribution in [2.45, 2.75) is 23.8 Å². The Morgan fingerprint density at radius 2 is 1.83 bits per heavy atom. The molecule has 2 aromatic carbocycles. The van der Waals surface area contributed by atoms with Crippen LogP contribution in [-0.4, -0.2) is 10.2 Å². The van der Waals surface area contributed by atoms with E-state index in [0.29, 0.717) is 20.0 Å². The van der Waals surface area contributed by atoms with E-state index in [4.69, 9.17) is 28.2 Å². The number of amides is 1. The molecule has 0 spiro atoms. The molecule has 1 aliphatic rings. The molecule has 1 aliphatic heterocycles. The van der Waals surface area contributed by atoms with E-state index < -0.39 is 0 Å². The van der Waals surface area contributed by atoms with Crippen molar-refractivity contribution in [3.63, 3.8) is 0 Å². The van der Waals surface area contributed by atoms with Crippen LogP contribution in [0.3, 0.4) is 0 Å². The van der Waals surface area contributed by atoms with Crippen LogP contribution in [0.4, 0.5) is 5.69 Å². The molecule has 0 unspecified atom stereocenters. The number of benzene rings is 2. The number of hydrogen-bond donors (Lipinski definition) is 0. The van der Waals surface area contributed by atoms with Crippen LogP contribution in [0, 0.1) is 13.8 Å². The zero-order valence-corrected chi connectivity index (χ0v) is 18.8. The van der Waals surface area contributed by atoms with Gasteiger partial charge in [0, 0.05) is 16.0 Å². The van der Waals surface area contributed by atoms with Crippen molar-refractivity contribution in [2.24, 2.45) is 0 Å². The van der Waals surface area contributed by atoms with Gasteiger partial charge >= 0.3 is 0 Å². The zero-order chi connectivity index (χ0) is 20.5. The number of halogens is 1. The first-order valence-corrected chi connectivity index (χ1v) is 11.2. The number of carbonyl (C=O) groups excluding carboxylic acids is 1. The first-order chi connectivity index (χ1) is 13.9. The lowest BCUT2D eigenvalue weighted by molar-refractivity contribution is -0.113. The summed E-state index contributed by atoms with van der Waals surface area (Å²) in [6.45, 7) is 4.06. The van der Waals surface area contributed by atoms with Gasteiger partial charge in [0.05, 0.1) is 10.6 Å². The number of furan rings is 1. The fourth-order valence-electron chi connectivity index (χ4n) is 2.77. The molecule has 0 aliphatic carbocycles. The molecule has 1 saturated heterocycles. The van der Waals surface area contributed by atoms with Crippen molar-refractivity contribution in [2.75, 3.05) is 4.90 Å². The molecule has 1 amide bonds. The highest BCUT2D eigenvalue weighted by molar-refractivity contribution is 8.27. The van der Waals surface area contributed by atoms with E-state index in [1.54, 1.807) is 11.0 Å². The lowest BCUT2D eigenvalue weighted by Crippen LogP contribution is -2.27. The fourth-order valence-corrected chi connectivity index (χ4v) is 4.95. The molecule has 1 fully saturated rings. The maximum Gasteiger partial charge on any atom is 0.270 e. The molecule has 0 bridgehead atoms. The van der Waals surface area contributed by atoms with Crippen molar-refractivity contribution in [3.8, 4) is 0 Å². The van der Waals surface area contributed by atoms with Crippen molar-refractivity contribution in [3.05, 3.63) is 81.4 Å². The van der Waals surface area contributed by atoms with Crippen LogP contribution < -0.4 is 4.90 Å². The van der Waals surface area contributed by atoms with Crippen LogP contribution in [0.25, 0.3) is 6.08 Å². The Balaban J connectivity index is 1.53. The second-order valence-electron chi connectivity index (χ2n) is 6.50. The van der Waals surface area contributed by atoms with Crippen LogP contribution in [-0.2, 0) is 4.79 Å². The number of aryl methyl sites for hydroxylation is 2. The Bertz CT molecular complexity index is 1140. The maximum absolute atomic E-state index is 12.9. The number of anilines is 1. The predicted octanol–water partition coefficient (Wildman–Crippen LogP) is 7.11. The molecule has 0 atom stereocenters. The third kappa shape index (κ3) is 4.46. The van der Waals surface area contributed by atoms with Crippen LogP contribution in [0.15, 0.2) is 73.9 Å². The van der Waals surface area contributed by atoms with Crippen LogP contribution in [0.2, 0.25) is 5.02 Å². The zero-order valence-electron chi connectivity index (χ0n) is 15.6. The predicted molar refractivity (Wildman–Crippen MR) is 126 cm³/mol. The molecule has 146 valence electrons. The summed E-state index contributed by atoms with van der Waals surface area (Å²) in [5, 5.41) is 1.43. The van der Waals surface area contributed by atoms with Gasteiger partial charge in [-0.15, -0.1) is 0 Å². The highest BCUT2D eigenvalue weighted by atomic mass is 35.5. The molecule has 2 heterocycles. The summed E-state index contributed by atoms with van der Waals surface area (Å²) in [7, 11) is 0. The largest absolute Gasteiger partial charge is 0.450 e. The minimum atomic E-state index is -0.133. The smallest absolute Gasteiger partial charge is 0.270 e. The van der Waals surface area contributed by atoms with Crippen LogP contribution in [0.5, 0.6) is 0 Å². The second kappa shape index (κ2) is 8.40. The van der Waals surface area contributed by atoms with Gasteiger partial charge in [-0.25, -0.2) is 0 Å². The van der Waals surface area contributed by atoms with Crippen molar-refractivity contribution < 1.29 is 9.21 Å². The molecule has 29 heavy (non-hydrogen) atoms. The van der Waals surface area contributed by atoms with Crippen molar-refractivity contribution in [1.29, 1.82) is 0 Å². The SMILES string of the molecule is Cc1ccc(N2C(=O)/C(=C\c3ccc(Sc4ccc(Cl)cc4)o3)SC2=S)cc1C. The first-order valence-electron chi connectivity index (χ1n) is 8.79. The van der Waals surface area contributed by atoms with E-state index in [9.17, 15) is 4.79 Å². The Labute approximate surface area is 188 Å². The third-order valence-electron chi connectivity index (χ3n) is 4.45. The van der Waals surface area contributed by atoms with Gasteiger partial charge in [0.25, 0.3) is 5.91 Å². The van der Waals surface area contributed by atoms with E-state index in [1.807, 2.05) is 68.4 Å². The summed E-state index contributed by atoms with van der Waals surface area (Å²) in [6.07, 6.45) is 1.74. The Hall–Kier alpha value is -1.99. The van der Waals surface area contributed by atoms with Crippen LogP contribution in [0.1, 0.15) is 16.9 Å². The van der Waals surface area contributed by atoms with Gasteiger partial charge in [-0.1, -0.05) is 53.4 Å². The van der Waals surface area contributed by atoms with Gasteiger partial charge in [0.2, 0.25) is 0 Å². The number of nitrogens with zero attached hydrogens (tertiary/aromatic N) is 1. The molecular weight excluding hydrogens is 442 g/mol. The monoisotopic (exact) mass is 457 g/mol. The van der Waals surface area contributed by atoms with Gasteiger partial charge in [-0.2, -0.15) is 0 Å². The maximum atomic E-state index is 12.9. The Morgan fingerprint density at radius 1 is 1.07 bits per heavy atom. The first kappa shape index (κ1) is 20.3. The van der Waals surface area contributed by atoms with Gasteiger partial charge in [0.1, 0.15) is 5.76 Å². The summed E-state index contributed by atoms with van der Waals surface area (Å²) in [5.74, 6) is 0.480. The average Bonchev–Trinajstić information content (AvgIpc) is 3.24. The highest BCUT2D eigenvalue weighted by Crippen LogP contribution is 2.37. The summed E-state index contributed by atoms with van der Waals surface area (Å²) < 4.78 is 6.39. The van der Waals surface area contributed by atoms with E-state index in [0.717, 1.165) is 21.2 Å². The van der Waals surface area contributed by atoms with Crippen molar-refractivity contribution >= 4 is 69.3 Å². The second-order valence-corrected chi connectivity index (χ2v) is 9.69. The van der Waals surface area contributed by atoms with E-state index >= 15 is 0 Å². The number of rotatable bonds is 4. The lowest BCUT2D eigenvalue weighted by Gasteiger charge is -2.15.